The highest BCUT2D eigenvalue weighted by Gasteiger charge is 2.41. The fraction of sp³-hybridized carbons (Fsp3) is 0.593. The first-order valence-electron chi connectivity index (χ1n) is 12.8. The van der Waals surface area contributed by atoms with Crippen molar-refractivity contribution in [1.29, 1.82) is 0 Å². The van der Waals surface area contributed by atoms with E-state index in [4.69, 9.17) is 18.9 Å². The Balaban J connectivity index is 2.18. The third-order valence-corrected chi connectivity index (χ3v) is 6.94. The minimum atomic E-state index is -0.898. The molecule has 0 unspecified atom stereocenters. The zero-order chi connectivity index (χ0) is 27.6. The van der Waals surface area contributed by atoms with Crippen LogP contribution in [0.2, 0.25) is 19.1 Å². The molecule has 10 heteroatoms. The average molecular weight is 535 g/mol. The Kier molecular flexibility index (Phi) is 11.5. The monoisotopic (exact) mass is 534 g/mol. The highest BCUT2D eigenvalue weighted by Crippen LogP contribution is 2.31. The molecule has 1 aliphatic heterocycles. The second-order valence-electron chi connectivity index (χ2n) is 10.4. The second-order valence-corrected chi connectivity index (χ2v) is 13.7. The molecule has 0 N–H and O–H groups in total. The number of hydrogen-bond donors (Lipinski definition) is 0. The summed E-state index contributed by atoms with van der Waals surface area (Å²) in [7, 11) is 2.35. The van der Waals surface area contributed by atoms with Gasteiger partial charge in [0.15, 0.2) is 11.5 Å². The summed E-state index contributed by atoms with van der Waals surface area (Å²) in [5.74, 6) is 1.04. The zero-order valence-corrected chi connectivity index (χ0v) is 24.4. The van der Waals surface area contributed by atoms with Gasteiger partial charge in [0, 0.05) is 27.8 Å². The molecule has 1 saturated heterocycles. The molecule has 37 heavy (non-hydrogen) atoms. The SMILES string of the molecule is COc1ccc(OCCN(C/C=C\C[SiH](C)C)C(=O)[C@@H]2CCCC(=O)N2C(=O)OC(C)(C)C)cc1OC. The van der Waals surface area contributed by atoms with Gasteiger partial charge in [0.05, 0.1) is 20.8 Å². The van der Waals surface area contributed by atoms with Gasteiger partial charge in [0.1, 0.15) is 24.0 Å². The fourth-order valence-corrected chi connectivity index (χ4v) is 4.63. The number of methoxy groups -OCH3 is 2. The molecule has 1 fully saturated rings. The van der Waals surface area contributed by atoms with Gasteiger partial charge in [0.2, 0.25) is 11.8 Å². The standard InChI is InChI=1S/C27H42N2O7Si/c1-27(2,3)36-26(32)29-21(11-10-12-24(29)30)25(31)28(15-8-9-18-37(6)7)16-17-35-20-13-14-22(33-4)23(19-20)34-5/h8-9,13-14,19,21,37H,10-12,15-18H2,1-7H3/b9-8-/t21-/m0/s1. The summed E-state index contributed by atoms with van der Waals surface area (Å²) in [5, 5.41) is 0. The molecule has 1 heterocycles. The predicted octanol–water partition coefficient (Wildman–Crippen LogP) is 4.27. The molecule has 0 spiro atoms. The van der Waals surface area contributed by atoms with E-state index in [0.29, 0.717) is 36.6 Å². The van der Waals surface area contributed by atoms with Gasteiger partial charge in [-0.1, -0.05) is 25.2 Å². The van der Waals surface area contributed by atoms with E-state index >= 15 is 0 Å². The molecule has 9 nitrogen and oxygen atoms in total. The lowest BCUT2D eigenvalue weighted by Crippen LogP contribution is -2.56. The van der Waals surface area contributed by atoms with Gasteiger partial charge in [-0.2, -0.15) is 0 Å². The second kappa shape index (κ2) is 14.1. The van der Waals surface area contributed by atoms with Crippen molar-refractivity contribution in [3.8, 4) is 17.2 Å². The first kappa shape index (κ1) is 30.2. The topological polar surface area (TPSA) is 94.6 Å². The van der Waals surface area contributed by atoms with Crippen molar-refractivity contribution < 1.29 is 33.3 Å². The Morgan fingerprint density at radius 2 is 1.84 bits per heavy atom. The minimum absolute atomic E-state index is 0.213. The summed E-state index contributed by atoms with van der Waals surface area (Å²) in [6, 6.07) is 5.37. The third-order valence-electron chi connectivity index (χ3n) is 5.72. The van der Waals surface area contributed by atoms with Crippen LogP contribution < -0.4 is 14.2 Å². The molecular weight excluding hydrogens is 492 g/mol. The smallest absolute Gasteiger partial charge is 0.417 e. The molecular formula is C27H42N2O7Si. The molecule has 1 atom stereocenters. The molecule has 1 aliphatic rings. The van der Waals surface area contributed by atoms with E-state index in [0.717, 1.165) is 10.9 Å². The summed E-state index contributed by atoms with van der Waals surface area (Å²) in [6.07, 6.45) is 4.45. The molecule has 0 radical (unpaired) electrons. The van der Waals surface area contributed by atoms with E-state index in [1.54, 1.807) is 58.1 Å². The van der Waals surface area contributed by atoms with Crippen LogP contribution in [-0.4, -0.2) is 82.1 Å². The lowest BCUT2D eigenvalue weighted by atomic mass is 10.0. The maximum Gasteiger partial charge on any atom is 0.417 e. The normalized spacial score (nSPS) is 16.2. The number of nitrogens with zero attached hydrogens (tertiary/aromatic N) is 2. The van der Waals surface area contributed by atoms with Crippen molar-refractivity contribution in [2.45, 2.75) is 70.8 Å². The molecule has 1 aromatic carbocycles. The van der Waals surface area contributed by atoms with E-state index in [-0.39, 0.29) is 31.4 Å². The third kappa shape index (κ3) is 9.42. The van der Waals surface area contributed by atoms with Gasteiger partial charge in [-0.05, 0) is 51.8 Å². The molecule has 0 aromatic heterocycles. The van der Waals surface area contributed by atoms with Gasteiger partial charge in [-0.3, -0.25) is 9.59 Å². The van der Waals surface area contributed by atoms with Crippen LogP contribution in [0.25, 0.3) is 0 Å². The largest absolute Gasteiger partial charge is 0.493 e. The maximum atomic E-state index is 13.7. The first-order chi connectivity index (χ1) is 17.5. The van der Waals surface area contributed by atoms with Crippen molar-refractivity contribution in [3.63, 3.8) is 0 Å². The van der Waals surface area contributed by atoms with Gasteiger partial charge < -0.3 is 23.8 Å². The number of benzene rings is 1. The number of carbonyl (C=O) groups excluding carboxylic acids is 3. The lowest BCUT2D eigenvalue weighted by molar-refractivity contribution is -0.147. The molecule has 0 saturated carbocycles. The molecule has 0 aliphatic carbocycles. The summed E-state index contributed by atoms with van der Waals surface area (Å²) in [5.41, 5.74) is -0.779. The van der Waals surface area contributed by atoms with Crippen molar-refractivity contribution >= 4 is 26.7 Å². The highest BCUT2D eigenvalue weighted by atomic mass is 28.3. The Hall–Kier alpha value is -3.01. The maximum absolute atomic E-state index is 13.7. The van der Waals surface area contributed by atoms with Crippen molar-refractivity contribution in [1.82, 2.24) is 9.80 Å². The van der Waals surface area contributed by atoms with Crippen molar-refractivity contribution in [2.75, 3.05) is 33.9 Å². The average Bonchev–Trinajstić information content (AvgIpc) is 2.83. The summed E-state index contributed by atoms with van der Waals surface area (Å²) in [4.78, 5) is 41.9. The summed E-state index contributed by atoms with van der Waals surface area (Å²) in [6.45, 7) is 10.6. The first-order valence-corrected chi connectivity index (χ1v) is 15.9. The number of imide groups is 1. The molecule has 3 amide bonds. The lowest BCUT2D eigenvalue weighted by Gasteiger charge is -2.36. The molecule has 206 valence electrons. The van der Waals surface area contributed by atoms with E-state index in [1.165, 1.54) is 0 Å². The number of amides is 3. The molecule has 0 bridgehead atoms. The van der Waals surface area contributed by atoms with Crippen LogP contribution in [-0.2, 0) is 14.3 Å². The van der Waals surface area contributed by atoms with E-state index < -0.39 is 26.5 Å². The molecule has 2 rings (SSSR count). The number of ether oxygens (including phenoxy) is 4. The Morgan fingerprint density at radius 3 is 2.46 bits per heavy atom. The predicted molar refractivity (Wildman–Crippen MR) is 145 cm³/mol. The van der Waals surface area contributed by atoms with Crippen LogP contribution in [0.15, 0.2) is 30.4 Å². The van der Waals surface area contributed by atoms with Gasteiger partial charge >= 0.3 is 6.09 Å². The highest BCUT2D eigenvalue weighted by molar-refractivity contribution is 6.56. The number of likely N-dealkylation sites (tertiary alicyclic amines) is 1. The van der Waals surface area contributed by atoms with Crippen LogP contribution in [0.3, 0.4) is 0 Å². The van der Waals surface area contributed by atoms with Gasteiger partial charge in [-0.25, -0.2) is 9.69 Å². The Bertz CT molecular complexity index is 959. The Morgan fingerprint density at radius 1 is 1.14 bits per heavy atom. The van der Waals surface area contributed by atoms with E-state index in [2.05, 4.69) is 19.2 Å². The fourth-order valence-electron chi connectivity index (χ4n) is 3.90. The van der Waals surface area contributed by atoms with Crippen LogP contribution >= 0.6 is 0 Å². The Labute approximate surface area is 222 Å². The number of rotatable bonds is 11. The number of carbonyl (C=O) groups is 3. The summed E-state index contributed by atoms with van der Waals surface area (Å²) >= 11 is 0. The van der Waals surface area contributed by atoms with E-state index in [9.17, 15) is 14.4 Å². The van der Waals surface area contributed by atoms with Crippen molar-refractivity contribution in [3.05, 3.63) is 30.4 Å². The van der Waals surface area contributed by atoms with Gasteiger partial charge in [-0.15, -0.1) is 0 Å². The van der Waals surface area contributed by atoms with E-state index in [1.807, 2.05) is 6.08 Å². The summed E-state index contributed by atoms with van der Waals surface area (Å²) < 4.78 is 21.9. The number of piperidine rings is 1. The minimum Gasteiger partial charge on any atom is -0.493 e. The quantitative estimate of drug-likeness (QED) is 0.309. The van der Waals surface area contributed by atoms with Crippen LogP contribution in [0.5, 0.6) is 17.2 Å². The van der Waals surface area contributed by atoms with Crippen LogP contribution in [0.4, 0.5) is 4.79 Å². The number of allylic oxidation sites excluding steroid dienone is 1. The van der Waals surface area contributed by atoms with Crippen LogP contribution in [0, 0.1) is 0 Å². The zero-order valence-electron chi connectivity index (χ0n) is 23.2. The van der Waals surface area contributed by atoms with Crippen molar-refractivity contribution in [2.24, 2.45) is 0 Å². The van der Waals surface area contributed by atoms with Crippen LogP contribution in [0.1, 0.15) is 40.0 Å². The van der Waals surface area contributed by atoms with Gasteiger partial charge in [0.25, 0.3) is 0 Å². The number of hydrogen-bond acceptors (Lipinski definition) is 7. The molecule has 1 aromatic rings.